The molecule has 8 nitrogen and oxygen atoms in total. The minimum Gasteiger partial charge on any atom is -0.491 e. The van der Waals surface area contributed by atoms with E-state index in [2.05, 4.69) is 24.0 Å². The van der Waals surface area contributed by atoms with Gasteiger partial charge in [0.15, 0.2) is 0 Å². The lowest BCUT2D eigenvalue weighted by molar-refractivity contribution is -0.384. The molecule has 24 heavy (non-hydrogen) atoms. The second kappa shape index (κ2) is 7.78. The highest BCUT2D eigenvalue weighted by Crippen LogP contribution is 2.20. The minimum absolute atomic E-state index is 0.0347. The van der Waals surface area contributed by atoms with Gasteiger partial charge in [0.2, 0.25) is 0 Å². The lowest BCUT2D eigenvalue weighted by atomic mass is 10.1. The third-order valence-electron chi connectivity index (χ3n) is 3.55. The van der Waals surface area contributed by atoms with Crippen LogP contribution in [0.15, 0.2) is 30.3 Å². The van der Waals surface area contributed by atoms with Crippen molar-refractivity contribution in [2.75, 3.05) is 25.1 Å². The van der Waals surface area contributed by atoms with Gasteiger partial charge in [0.1, 0.15) is 24.3 Å². The van der Waals surface area contributed by atoms with Crippen LogP contribution in [0.1, 0.15) is 25.5 Å². The average molecular weight is 334 g/mol. The van der Waals surface area contributed by atoms with Gasteiger partial charge in [-0.3, -0.25) is 15.2 Å². The van der Waals surface area contributed by atoms with Crippen molar-refractivity contribution in [3.8, 4) is 5.75 Å². The van der Waals surface area contributed by atoms with Crippen molar-refractivity contribution in [1.82, 2.24) is 10.2 Å². The van der Waals surface area contributed by atoms with Crippen LogP contribution in [-0.4, -0.2) is 46.5 Å². The number of rotatable bonds is 8. The van der Waals surface area contributed by atoms with E-state index in [1.54, 1.807) is 12.1 Å². The van der Waals surface area contributed by atoms with Crippen LogP contribution in [-0.2, 0) is 0 Å². The molecule has 2 rings (SSSR count). The SMILES string of the molecule is CC(C)c1cc(N(C)CC(O)COc2cccc([N+](=O)[O-])c2)n[nH]1. The summed E-state index contributed by atoms with van der Waals surface area (Å²) in [6, 6.07) is 7.83. The molecule has 1 aromatic heterocycles. The number of nitrogens with zero attached hydrogens (tertiary/aromatic N) is 3. The highest BCUT2D eigenvalue weighted by Gasteiger charge is 2.14. The number of aromatic amines is 1. The van der Waals surface area contributed by atoms with Crippen molar-refractivity contribution in [3.05, 3.63) is 46.1 Å². The van der Waals surface area contributed by atoms with Gasteiger partial charge in [0.05, 0.1) is 11.0 Å². The number of nitro benzene ring substituents is 1. The molecule has 1 unspecified atom stereocenters. The van der Waals surface area contributed by atoms with Crippen LogP contribution in [0, 0.1) is 10.1 Å². The van der Waals surface area contributed by atoms with E-state index in [-0.39, 0.29) is 12.3 Å². The van der Waals surface area contributed by atoms with E-state index in [1.165, 1.54) is 12.1 Å². The highest BCUT2D eigenvalue weighted by atomic mass is 16.6. The summed E-state index contributed by atoms with van der Waals surface area (Å²) in [6.45, 7) is 4.50. The van der Waals surface area contributed by atoms with Crippen LogP contribution in [0.4, 0.5) is 11.5 Å². The van der Waals surface area contributed by atoms with E-state index in [4.69, 9.17) is 4.74 Å². The molecule has 1 aromatic carbocycles. The largest absolute Gasteiger partial charge is 0.491 e. The van der Waals surface area contributed by atoms with E-state index in [0.717, 1.165) is 11.5 Å². The molecule has 0 aliphatic carbocycles. The summed E-state index contributed by atoms with van der Waals surface area (Å²) in [6.07, 6.45) is -0.756. The third-order valence-corrected chi connectivity index (χ3v) is 3.55. The molecule has 0 radical (unpaired) electrons. The second-order valence-electron chi connectivity index (χ2n) is 5.94. The zero-order valence-electron chi connectivity index (χ0n) is 14.0. The fourth-order valence-corrected chi connectivity index (χ4v) is 2.16. The molecule has 2 N–H and O–H groups in total. The van der Waals surface area contributed by atoms with Crippen LogP contribution < -0.4 is 9.64 Å². The summed E-state index contributed by atoms with van der Waals surface area (Å²) in [5, 5.41) is 28.0. The molecule has 1 heterocycles. The number of benzene rings is 1. The number of nitrogens with one attached hydrogen (secondary N) is 1. The molecule has 0 spiro atoms. The van der Waals surface area contributed by atoms with E-state index in [1.807, 2.05) is 18.0 Å². The number of non-ortho nitro benzene ring substituents is 1. The summed E-state index contributed by atoms with van der Waals surface area (Å²) in [5.74, 6) is 1.45. The Morgan fingerprint density at radius 1 is 1.42 bits per heavy atom. The Labute approximate surface area is 140 Å². The molecule has 130 valence electrons. The maximum Gasteiger partial charge on any atom is 0.273 e. The Morgan fingerprint density at radius 3 is 2.79 bits per heavy atom. The lowest BCUT2D eigenvalue weighted by Crippen LogP contribution is -2.33. The molecular weight excluding hydrogens is 312 g/mol. The first-order valence-electron chi connectivity index (χ1n) is 7.68. The Bertz CT molecular complexity index is 686. The third kappa shape index (κ3) is 4.69. The normalized spacial score (nSPS) is 12.2. The molecule has 0 amide bonds. The predicted octanol–water partition coefficient (Wildman–Crippen LogP) is 2.32. The first kappa shape index (κ1) is 17.7. The van der Waals surface area contributed by atoms with Gasteiger partial charge in [-0.1, -0.05) is 19.9 Å². The maximum atomic E-state index is 10.7. The summed E-state index contributed by atoms with van der Waals surface area (Å²) in [4.78, 5) is 12.1. The molecule has 2 aromatic rings. The van der Waals surface area contributed by atoms with Crippen LogP contribution in [0.2, 0.25) is 0 Å². The molecule has 0 aliphatic heterocycles. The van der Waals surface area contributed by atoms with Crippen molar-refractivity contribution in [1.29, 1.82) is 0 Å². The fraction of sp³-hybridized carbons (Fsp3) is 0.438. The predicted molar refractivity (Wildman–Crippen MR) is 90.5 cm³/mol. The van der Waals surface area contributed by atoms with Crippen LogP contribution in [0.5, 0.6) is 5.75 Å². The monoisotopic (exact) mass is 334 g/mol. The van der Waals surface area contributed by atoms with Crippen LogP contribution in [0.3, 0.4) is 0 Å². The van der Waals surface area contributed by atoms with Crippen molar-refractivity contribution < 1.29 is 14.8 Å². The quantitative estimate of drug-likeness (QED) is 0.567. The molecule has 0 fully saturated rings. The molecule has 1 atom stereocenters. The Morgan fingerprint density at radius 2 is 2.17 bits per heavy atom. The van der Waals surface area contributed by atoms with E-state index in [9.17, 15) is 15.2 Å². The Kier molecular flexibility index (Phi) is 5.75. The van der Waals surface area contributed by atoms with Crippen molar-refractivity contribution >= 4 is 11.5 Å². The van der Waals surface area contributed by atoms with Crippen molar-refractivity contribution in [2.24, 2.45) is 0 Å². The molecule has 0 bridgehead atoms. The first-order valence-corrected chi connectivity index (χ1v) is 7.68. The Balaban J connectivity index is 1.87. The van der Waals surface area contributed by atoms with Crippen molar-refractivity contribution in [2.45, 2.75) is 25.9 Å². The number of aliphatic hydroxyl groups excluding tert-OH is 1. The minimum atomic E-state index is -0.756. The summed E-state index contributed by atoms with van der Waals surface area (Å²) < 4.78 is 5.43. The van der Waals surface area contributed by atoms with E-state index >= 15 is 0 Å². The number of ether oxygens (including phenoxy) is 1. The Hall–Kier alpha value is -2.61. The second-order valence-corrected chi connectivity index (χ2v) is 5.94. The number of aromatic nitrogens is 2. The molecule has 0 saturated heterocycles. The van der Waals surface area contributed by atoms with Gasteiger partial charge >= 0.3 is 0 Å². The maximum absolute atomic E-state index is 10.7. The summed E-state index contributed by atoms with van der Waals surface area (Å²) >= 11 is 0. The average Bonchev–Trinajstić information content (AvgIpc) is 3.03. The van der Waals surface area contributed by atoms with Gasteiger partial charge in [-0.25, -0.2) is 0 Å². The number of H-pyrrole nitrogens is 1. The number of nitro groups is 1. The molecule has 0 aliphatic rings. The zero-order chi connectivity index (χ0) is 17.7. The van der Waals surface area contributed by atoms with Gasteiger partial charge in [-0.2, -0.15) is 5.10 Å². The highest BCUT2D eigenvalue weighted by molar-refractivity contribution is 5.39. The zero-order valence-corrected chi connectivity index (χ0v) is 14.0. The standard InChI is InChI=1S/C16H22N4O4/c1-11(2)15-8-16(18-17-15)19(3)9-13(21)10-24-14-6-4-5-12(7-14)20(22)23/h4-8,11,13,21H,9-10H2,1-3H3,(H,17,18). The van der Waals surface area contributed by atoms with Gasteiger partial charge in [0.25, 0.3) is 5.69 Å². The summed E-state index contributed by atoms with van der Waals surface area (Å²) in [7, 11) is 1.83. The summed E-state index contributed by atoms with van der Waals surface area (Å²) in [5.41, 5.74) is 0.982. The molecular formula is C16H22N4O4. The fourth-order valence-electron chi connectivity index (χ4n) is 2.16. The number of likely N-dealkylation sites (N-methyl/N-ethyl adjacent to an activating group) is 1. The van der Waals surface area contributed by atoms with E-state index < -0.39 is 11.0 Å². The molecule has 8 heteroatoms. The van der Waals surface area contributed by atoms with Gasteiger partial charge in [-0.15, -0.1) is 0 Å². The topological polar surface area (TPSA) is 105 Å². The van der Waals surface area contributed by atoms with Crippen molar-refractivity contribution in [3.63, 3.8) is 0 Å². The first-order chi connectivity index (χ1) is 11.4. The lowest BCUT2D eigenvalue weighted by Gasteiger charge is -2.20. The number of hydrogen-bond donors (Lipinski definition) is 2. The van der Waals surface area contributed by atoms with Gasteiger partial charge in [0, 0.05) is 31.4 Å². The number of aliphatic hydroxyl groups is 1. The van der Waals surface area contributed by atoms with Crippen LogP contribution >= 0.6 is 0 Å². The van der Waals surface area contributed by atoms with E-state index in [0.29, 0.717) is 18.2 Å². The number of hydrogen-bond acceptors (Lipinski definition) is 6. The number of anilines is 1. The van der Waals surface area contributed by atoms with Gasteiger partial charge < -0.3 is 14.7 Å². The smallest absolute Gasteiger partial charge is 0.273 e. The van der Waals surface area contributed by atoms with Gasteiger partial charge in [-0.05, 0) is 12.0 Å². The van der Waals surface area contributed by atoms with Crippen LogP contribution in [0.25, 0.3) is 0 Å². The molecule has 0 saturated carbocycles.